The van der Waals surface area contributed by atoms with Gasteiger partial charge in [-0.05, 0) is 70.6 Å². The molecule has 2 unspecified atom stereocenters. The Balaban J connectivity index is 3.63. The molecule has 0 aliphatic carbocycles. The number of hydrogen-bond acceptors (Lipinski definition) is 7. The molecule has 0 fully saturated rings. The first-order valence-electron chi connectivity index (χ1n) is 21.5. The number of ether oxygens (including phenoxy) is 1. The third kappa shape index (κ3) is 41.2. The highest BCUT2D eigenvalue weighted by Gasteiger charge is 2.23. The number of rotatable bonds is 40. The molecule has 0 rings (SSSR count). The second-order valence-electron chi connectivity index (χ2n) is 14.3. The van der Waals surface area contributed by atoms with E-state index in [1.807, 2.05) is 0 Å². The Bertz CT molecular complexity index is 970. The van der Waals surface area contributed by atoms with Crippen LogP contribution in [0.3, 0.4) is 0 Å². The fourth-order valence-corrected chi connectivity index (χ4v) is 6.51. The largest absolute Gasteiger partial charge is 0.472 e. The summed E-state index contributed by atoms with van der Waals surface area (Å²) in [5, 5.41) is 12.7. The summed E-state index contributed by atoms with van der Waals surface area (Å²) in [6.07, 6.45) is 43.5. The van der Waals surface area contributed by atoms with E-state index in [1.54, 1.807) is 0 Å². The van der Waals surface area contributed by atoms with Gasteiger partial charge >= 0.3 is 13.8 Å². The summed E-state index contributed by atoms with van der Waals surface area (Å²) in [5.74, 6) is -0.538. The molecule has 10 heteroatoms. The molecular weight excluding hydrogens is 689 g/mol. The molecular formula is C43H80NO8P. The lowest BCUT2D eigenvalue weighted by molar-refractivity contribution is -0.147. The smallest absolute Gasteiger partial charge is 0.463 e. The third-order valence-corrected chi connectivity index (χ3v) is 10.0. The van der Waals surface area contributed by atoms with Crippen LogP contribution in [0.5, 0.6) is 0 Å². The van der Waals surface area contributed by atoms with E-state index < -0.39 is 26.5 Å². The van der Waals surface area contributed by atoms with Crippen LogP contribution in [0.1, 0.15) is 194 Å². The van der Waals surface area contributed by atoms with Crippen molar-refractivity contribution in [3.05, 3.63) is 36.5 Å². The molecule has 1 amide bonds. The molecule has 310 valence electrons. The number of unbranched alkanes of at least 4 members (excludes halogenated alkanes) is 21. The first-order valence-corrected chi connectivity index (χ1v) is 23.0. The Hall–Kier alpha value is -1.77. The standard InChI is InChI=1S/C43H80NO8P/c1-3-5-7-9-11-13-15-17-19-21-23-25-27-29-31-33-35-42(46)44-37-38-51-53(48,49)52-40-41(45)39-50-43(47)36-34-32-30-28-26-24-22-20-18-16-14-12-10-8-6-4-2/h13,15,19-22,41,45H,3-12,14,16-18,23-40H2,1-2H3,(H,44,46)(H,48,49)/b15-13-,21-19-,22-20-. The fraction of sp³-hybridized carbons (Fsp3) is 0.814. The highest BCUT2D eigenvalue weighted by Crippen LogP contribution is 2.42. The molecule has 0 bridgehead atoms. The van der Waals surface area contributed by atoms with Crippen molar-refractivity contribution in [3.63, 3.8) is 0 Å². The summed E-state index contributed by atoms with van der Waals surface area (Å²) in [6.45, 7) is 3.51. The lowest BCUT2D eigenvalue weighted by Gasteiger charge is -2.15. The molecule has 0 aromatic rings. The molecule has 0 spiro atoms. The van der Waals surface area contributed by atoms with Gasteiger partial charge in [-0.2, -0.15) is 0 Å². The van der Waals surface area contributed by atoms with Crippen molar-refractivity contribution < 1.29 is 37.9 Å². The fourth-order valence-electron chi connectivity index (χ4n) is 5.76. The molecule has 0 aromatic carbocycles. The Morgan fingerprint density at radius 3 is 1.55 bits per heavy atom. The molecule has 0 heterocycles. The number of amides is 1. The number of carbonyl (C=O) groups is 2. The quantitative estimate of drug-likeness (QED) is 0.0243. The van der Waals surface area contributed by atoms with E-state index in [4.69, 9.17) is 13.8 Å². The van der Waals surface area contributed by atoms with Gasteiger partial charge in [0.15, 0.2) is 0 Å². The van der Waals surface area contributed by atoms with Crippen molar-refractivity contribution in [1.29, 1.82) is 0 Å². The zero-order valence-corrected chi connectivity index (χ0v) is 34.9. The van der Waals surface area contributed by atoms with Crippen molar-refractivity contribution in [1.82, 2.24) is 5.32 Å². The topological polar surface area (TPSA) is 131 Å². The van der Waals surface area contributed by atoms with E-state index in [1.165, 1.54) is 83.5 Å². The number of allylic oxidation sites excluding steroid dienone is 6. The summed E-state index contributed by atoms with van der Waals surface area (Å²) in [7, 11) is -4.42. The minimum absolute atomic E-state index is 0.0731. The van der Waals surface area contributed by atoms with Gasteiger partial charge in [0.25, 0.3) is 0 Å². The second kappa shape index (κ2) is 39.9. The second-order valence-corrected chi connectivity index (χ2v) is 15.8. The SMILES string of the molecule is CCCCCC/C=C\C/C=C\CCCCCCCC(=O)NCCOP(=O)(O)OCC(O)COC(=O)CCCCCCC/C=C\CCCCCCCCC. The molecule has 53 heavy (non-hydrogen) atoms. The van der Waals surface area contributed by atoms with Gasteiger partial charge in [0.1, 0.15) is 12.7 Å². The number of phosphoric ester groups is 1. The van der Waals surface area contributed by atoms with Crippen LogP contribution < -0.4 is 5.32 Å². The monoisotopic (exact) mass is 770 g/mol. The van der Waals surface area contributed by atoms with Gasteiger partial charge in [-0.1, -0.05) is 147 Å². The first-order chi connectivity index (χ1) is 25.8. The Morgan fingerprint density at radius 1 is 0.585 bits per heavy atom. The Labute approximate surface area is 324 Å². The summed E-state index contributed by atoms with van der Waals surface area (Å²) < 4.78 is 26.8. The molecule has 0 radical (unpaired) electrons. The van der Waals surface area contributed by atoms with Crippen LogP contribution in [-0.4, -0.2) is 54.3 Å². The molecule has 0 saturated carbocycles. The van der Waals surface area contributed by atoms with E-state index in [9.17, 15) is 24.2 Å². The predicted octanol–water partition coefficient (Wildman–Crippen LogP) is 11.8. The van der Waals surface area contributed by atoms with Gasteiger partial charge in [0.2, 0.25) is 5.91 Å². The van der Waals surface area contributed by atoms with E-state index in [0.29, 0.717) is 6.42 Å². The van der Waals surface area contributed by atoms with E-state index in [0.717, 1.165) is 83.5 Å². The first kappa shape index (κ1) is 51.2. The van der Waals surface area contributed by atoms with Gasteiger partial charge in [0, 0.05) is 19.4 Å². The summed E-state index contributed by atoms with van der Waals surface area (Å²) in [4.78, 5) is 33.9. The van der Waals surface area contributed by atoms with Crippen LogP contribution >= 0.6 is 7.82 Å². The average molecular weight is 770 g/mol. The van der Waals surface area contributed by atoms with Crippen molar-refractivity contribution in [2.45, 2.75) is 200 Å². The summed E-state index contributed by atoms with van der Waals surface area (Å²) in [5.41, 5.74) is 0. The van der Waals surface area contributed by atoms with Crippen molar-refractivity contribution >= 4 is 19.7 Å². The minimum atomic E-state index is -4.42. The zero-order chi connectivity index (χ0) is 38.9. The molecule has 0 aromatic heterocycles. The normalized spacial score (nSPS) is 13.7. The van der Waals surface area contributed by atoms with E-state index in [-0.39, 0.29) is 32.1 Å². The van der Waals surface area contributed by atoms with E-state index in [2.05, 4.69) is 55.6 Å². The number of phosphoric acid groups is 1. The summed E-state index contributed by atoms with van der Waals surface area (Å²) >= 11 is 0. The van der Waals surface area contributed by atoms with Crippen LogP contribution in [0.2, 0.25) is 0 Å². The highest BCUT2D eigenvalue weighted by molar-refractivity contribution is 7.47. The maximum atomic E-state index is 12.1. The van der Waals surface area contributed by atoms with Gasteiger partial charge < -0.3 is 20.1 Å². The number of aliphatic hydroxyl groups is 1. The number of esters is 1. The minimum Gasteiger partial charge on any atom is -0.463 e. The lowest BCUT2D eigenvalue weighted by Crippen LogP contribution is -2.27. The highest BCUT2D eigenvalue weighted by atomic mass is 31.2. The predicted molar refractivity (Wildman–Crippen MR) is 220 cm³/mol. The van der Waals surface area contributed by atoms with Crippen molar-refractivity contribution in [2.75, 3.05) is 26.4 Å². The zero-order valence-electron chi connectivity index (χ0n) is 34.0. The number of aliphatic hydroxyl groups excluding tert-OH is 1. The Kier molecular flexibility index (Phi) is 38.6. The van der Waals surface area contributed by atoms with Crippen LogP contribution in [0, 0.1) is 0 Å². The van der Waals surface area contributed by atoms with Gasteiger partial charge in [-0.25, -0.2) is 4.57 Å². The molecule has 0 aliphatic rings. The molecule has 0 aliphatic heterocycles. The number of hydrogen-bond donors (Lipinski definition) is 3. The molecule has 0 saturated heterocycles. The van der Waals surface area contributed by atoms with Crippen LogP contribution in [0.15, 0.2) is 36.5 Å². The maximum absolute atomic E-state index is 12.1. The number of nitrogens with one attached hydrogen (secondary N) is 1. The Morgan fingerprint density at radius 2 is 1.02 bits per heavy atom. The van der Waals surface area contributed by atoms with E-state index >= 15 is 0 Å². The van der Waals surface area contributed by atoms with Gasteiger partial charge in [-0.15, -0.1) is 0 Å². The van der Waals surface area contributed by atoms with Gasteiger partial charge in [-0.3, -0.25) is 18.6 Å². The lowest BCUT2D eigenvalue weighted by atomic mass is 10.1. The van der Waals surface area contributed by atoms with Crippen molar-refractivity contribution in [2.24, 2.45) is 0 Å². The van der Waals surface area contributed by atoms with Crippen LogP contribution in [0.25, 0.3) is 0 Å². The summed E-state index contributed by atoms with van der Waals surface area (Å²) in [6, 6.07) is 0. The molecule has 3 N–H and O–H groups in total. The average Bonchev–Trinajstić information content (AvgIpc) is 3.14. The van der Waals surface area contributed by atoms with Gasteiger partial charge in [0.05, 0.1) is 13.2 Å². The number of carbonyl (C=O) groups excluding carboxylic acids is 2. The third-order valence-electron chi connectivity index (χ3n) is 9.04. The molecule has 2 atom stereocenters. The van der Waals surface area contributed by atoms with Crippen molar-refractivity contribution in [3.8, 4) is 0 Å². The van der Waals surface area contributed by atoms with Crippen LogP contribution in [-0.2, 0) is 27.9 Å². The maximum Gasteiger partial charge on any atom is 0.472 e. The molecule has 9 nitrogen and oxygen atoms in total. The van der Waals surface area contributed by atoms with Crippen LogP contribution in [0.4, 0.5) is 0 Å².